The number of hydrogen-bond donors (Lipinski definition) is 1. The molecule has 1 amide bonds. The van der Waals surface area contributed by atoms with Gasteiger partial charge < -0.3 is 24.3 Å². The van der Waals surface area contributed by atoms with Crippen molar-refractivity contribution in [2.24, 2.45) is 0 Å². The van der Waals surface area contributed by atoms with E-state index >= 15 is 0 Å². The molecule has 0 aromatic carbocycles. The Bertz CT molecular complexity index is 233. The molecule has 0 aliphatic heterocycles. The zero-order chi connectivity index (χ0) is 14.6. The summed E-state index contributed by atoms with van der Waals surface area (Å²) in [6, 6.07) is 0. The summed E-state index contributed by atoms with van der Waals surface area (Å²) in [6.07, 6.45) is -0.431. The first-order chi connectivity index (χ1) is 8.95. The van der Waals surface area contributed by atoms with Crippen LogP contribution in [0.15, 0.2) is 0 Å². The summed E-state index contributed by atoms with van der Waals surface area (Å²) >= 11 is 3.14. The van der Waals surface area contributed by atoms with Crippen LogP contribution in [0.1, 0.15) is 20.8 Å². The first-order valence-electron chi connectivity index (χ1n) is 6.20. The maximum atomic E-state index is 11.3. The van der Waals surface area contributed by atoms with Crippen molar-refractivity contribution < 1.29 is 23.7 Å². The third kappa shape index (κ3) is 15.6. The SMILES string of the molecule is CC(C)(C)NC(=O)OCCOCCOCCOCBr. The molecular formula is C12H24BrNO5. The van der Waals surface area contributed by atoms with Gasteiger partial charge in [0.2, 0.25) is 0 Å². The molecule has 0 bridgehead atoms. The minimum absolute atomic E-state index is 0.231. The van der Waals surface area contributed by atoms with Crippen LogP contribution < -0.4 is 5.32 Å². The van der Waals surface area contributed by atoms with E-state index in [0.717, 1.165) is 0 Å². The van der Waals surface area contributed by atoms with Gasteiger partial charge in [-0.1, -0.05) is 15.9 Å². The van der Waals surface area contributed by atoms with Crippen LogP contribution in [-0.4, -0.2) is 56.8 Å². The fourth-order valence-corrected chi connectivity index (χ4v) is 1.26. The lowest BCUT2D eigenvalue weighted by Gasteiger charge is -2.19. The number of amides is 1. The molecule has 0 atom stereocenters. The molecule has 0 aromatic rings. The lowest BCUT2D eigenvalue weighted by Crippen LogP contribution is -2.41. The highest BCUT2D eigenvalue weighted by molar-refractivity contribution is 9.09. The predicted octanol–water partition coefficient (Wildman–Crippen LogP) is 1.91. The molecule has 0 aliphatic rings. The summed E-state index contributed by atoms with van der Waals surface area (Å²) in [6.45, 7) is 8.33. The average molecular weight is 342 g/mol. The molecule has 0 aromatic heterocycles. The van der Waals surface area contributed by atoms with Gasteiger partial charge in [-0.25, -0.2) is 4.79 Å². The van der Waals surface area contributed by atoms with Gasteiger partial charge in [0.25, 0.3) is 0 Å². The van der Waals surface area contributed by atoms with E-state index in [2.05, 4.69) is 21.2 Å². The van der Waals surface area contributed by atoms with Crippen molar-refractivity contribution in [2.45, 2.75) is 26.3 Å². The molecule has 6 nitrogen and oxygen atoms in total. The van der Waals surface area contributed by atoms with E-state index in [-0.39, 0.29) is 12.1 Å². The standard InChI is InChI=1S/C12H24BrNO5/c1-12(2,3)14-11(15)19-9-8-17-5-4-16-6-7-18-10-13/h4-10H2,1-3H3,(H,14,15). The zero-order valence-corrected chi connectivity index (χ0v) is 13.5. The quantitative estimate of drug-likeness (QED) is 0.485. The van der Waals surface area contributed by atoms with E-state index < -0.39 is 6.09 Å². The van der Waals surface area contributed by atoms with Gasteiger partial charge in [0.15, 0.2) is 0 Å². The monoisotopic (exact) mass is 341 g/mol. The van der Waals surface area contributed by atoms with Crippen molar-refractivity contribution in [3.05, 3.63) is 0 Å². The summed E-state index contributed by atoms with van der Waals surface area (Å²) in [7, 11) is 0. The Balaban J connectivity index is 3.21. The molecule has 114 valence electrons. The Labute approximate surface area is 123 Å². The molecule has 1 N–H and O–H groups in total. The molecule has 0 rings (SSSR count). The summed E-state index contributed by atoms with van der Waals surface area (Å²) in [5, 5.41) is 2.69. The minimum Gasteiger partial charge on any atom is -0.447 e. The number of alkyl halides is 1. The second kappa shape index (κ2) is 11.5. The molecule has 0 spiro atoms. The third-order valence-electron chi connectivity index (χ3n) is 1.76. The molecule has 0 saturated carbocycles. The predicted molar refractivity (Wildman–Crippen MR) is 75.6 cm³/mol. The molecule has 7 heteroatoms. The lowest BCUT2D eigenvalue weighted by molar-refractivity contribution is 0.0114. The highest BCUT2D eigenvalue weighted by Crippen LogP contribution is 1.98. The number of carbonyl (C=O) groups excluding carboxylic acids is 1. The van der Waals surface area contributed by atoms with Crippen LogP contribution in [0.4, 0.5) is 4.79 Å². The van der Waals surface area contributed by atoms with Gasteiger partial charge >= 0.3 is 6.09 Å². The van der Waals surface area contributed by atoms with Gasteiger partial charge in [-0.05, 0) is 20.8 Å². The van der Waals surface area contributed by atoms with Gasteiger partial charge in [-0.15, -0.1) is 0 Å². The molecule has 0 saturated heterocycles. The van der Waals surface area contributed by atoms with Crippen LogP contribution >= 0.6 is 15.9 Å². The highest BCUT2D eigenvalue weighted by Gasteiger charge is 2.13. The summed E-state index contributed by atoms with van der Waals surface area (Å²) in [5.74, 6) is 0. The second-order valence-corrected chi connectivity index (χ2v) is 5.21. The molecule has 0 fully saturated rings. The number of nitrogens with one attached hydrogen (secondary N) is 1. The Kier molecular flexibility index (Phi) is 11.2. The van der Waals surface area contributed by atoms with Crippen molar-refractivity contribution in [2.75, 3.05) is 45.2 Å². The lowest BCUT2D eigenvalue weighted by atomic mass is 10.1. The van der Waals surface area contributed by atoms with Gasteiger partial charge in [-0.3, -0.25) is 0 Å². The largest absolute Gasteiger partial charge is 0.447 e. The maximum Gasteiger partial charge on any atom is 0.407 e. The van der Waals surface area contributed by atoms with E-state index in [1.54, 1.807) is 0 Å². The van der Waals surface area contributed by atoms with Crippen LogP contribution in [0.3, 0.4) is 0 Å². The van der Waals surface area contributed by atoms with Crippen molar-refractivity contribution in [3.8, 4) is 0 Å². The first kappa shape index (κ1) is 18.6. The molecule has 0 heterocycles. The second-order valence-electron chi connectivity index (χ2n) is 4.75. The average Bonchev–Trinajstić information content (AvgIpc) is 2.29. The van der Waals surface area contributed by atoms with Gasteiger partial charge in [0.05, 0.1) is 33.0 Å². The van der Waals surface area contributed by atoms with Crippen LogP contribution in [-0.2, 0) is 18.9 Å². The molecular weight excluding hydrogens is 318 g/mol. The smallest absolute Gasteiger partial charge is 0.407 e. The van der Waals surface area contributed by atoms with Crippen LogP contribution in [0.25, 0.3) is 0 Å². The maximum absolute atomic E-state index is 11.3. The van der Waals surface area contributed by atoms with Crippen molar-refractivity contribution in [1.29, 1.82) is 0 Å². The minimum atomic E-state index is -0.431. The fraction of sp³-hybridized carbons (Fsp3) is 0.917. The Hall–Kier alpha value is -0.370. The number of alkyl carbamates (subject to hydrolysis) is 1. The third-order valence-corrected chi connectivity index (χ3v) is 2.08. The first-order valence-corrected chi connectivity index (χ1v) is 7.32. The highest BCUT2D eigenvalue weighted by atomic mass is 79.9. The molecule has 19 heavy (non-hydrogen) atoms. The Morgan fingerprint density at radius 2 is 1.42 bits per heavy atom. The number of carbonyl (C=O) groups is 1. The van der Waals surface area contributed by atoms with E-state index in [4.69, 9.17) is 18.9 Å². The van der Waals surface area contributed by atoms with Crippen LogP contribution in [0.5, 0.6) is 0 Å². The van der Waals surface area contributed by atoms with Crippen molar-refractivity contribution >= 4 is 22.0 Å². The number of rotatable bonds is 10. The zero-order valence-electron chi connectivity index (χ0n) is 11.9. The molecule has 0 unspecified atom stereocenters. The number of ether oxygens (including phenoxy) is 4. The van der Waals surface area contributed by atoms with E-state index in [1.807, 2.05) is 20.8 Å². The van der Waals surface area contributed by atoms with E-state index in [9.17, 15) is 4.79 Å². The normalized spacial score (nSPS) is 11.4. The van der Waals surface area contributed by atoms with E-state index in [0.29, 0.717) is 38.6 Å². The van der Waals surface area contributed by atoms with Crippen molar-refractivity contribution in [3.63, 3.8) is 0 Å². The number of halogens is 1. The Morgan fingerprint density at radius 3 is 1.89 bits per heavy atom. The van der Waals surface area contributed by atoms with Gasteiger partial charge in [0, 0.05) is 5.54 Å². The number of hydrogen-bond acceptors (Lipinski definition) is 5. The summed E-state index contributed by atoms with van der Waals surface area (Å²) in [4.78, 5) is 11.3. The van der Waals surface area contributed by atoms with Gasteiger partial charge in [-0.2, -0.15) is 0 Å². The molecule has 0 radical (unpaired) electrons. The summed E-state index contributed by atoms with van der Waals surface area (Å²) in [5.41, 5.74) is 0.226. The fourth-order valence-electron chi connectivity index (χ4n) is 1.03. The van der Waals surface area contributed by atoms with Crippen molar-refractivity contribution in [1.82, 2.24) is 5.32 Å². The molecule has 0 aliphatic carbocycles. The van der Waals surface area contributed by atoms with Crippen LogP contribution in [0.2, 0.25) is 0 Å². The topological polar surface area (TPSA) is 66.0 Å². The van der Waals surface area contributed by atoms with E-state index in [1.165, 1.54) is 0 Å². The summed E-state index contributed by atoms with van der Waals surface area (Å²) < 4.78 is 20.4. The van der Waals surface area contributed by atoms with Gasteiger partial charge in [0.1, 0.15) is 12.1 Å². The van der Waals surface area contributed by atoms with Crippen LogP contribution in [0, 0.1) is 0 Å². The Morgan fingerprint density at radius 1 is 0.947 bits per heavy atom.